The van der Waals surface area contributed by atoms with Crippen LogP contribution < -0.4 is 4.74 Å². The van der Waals surface area contributed by atoms with Crippen molar-refractivity contribution in [2.24, 2.45) is 0 Å². The van der Waals surface area contributed by atoms with Crippen LogP contribution in [-0.4, -0.2) is 19.7 Å². The summed E-state index contributed by atoms with van der Waals surface area (Å²) in [6, 6.07) is 3.34. The fourth-order valence-electron chi connectivity index (χ4n) is 1.01. The van der Waals surface area contributed by atoms with Crippen molar-refractivity contribution in [2.75, 3.05) is 13.4 Å². The van der Waals surface area contributed by atoms with Crippen molar-refractivity contribution in [1.29, 1.82) is 0 Å². The molecule has 0 fully saturated rings. The summed E-state index contributed by atoms with van der Waals surface area (Å²) in [7, 11) is 1.56. The van der Waals surface area contributed by atoms with E-state index in [1.165, 1.54) is 11.8 Å². The molecule has 0 amide bonds. The van der Waals surface area contributed by atoms with Gasteiger partial charge in [-0.25, -0.2) is 0 Å². The summed E-state index contributed by atoms with van der Waals surface area (Å²) in [4.78, 5) is 11.4. The molecule has 0 aliphatic rings. The first-order chi connectivity index (χ1) is 6.22. The maximum absolute atomic E-state index is 10.5. The van der Waals surface area contributed by atoms with Gasteiger partial charge >= 0.3 is 0 Å². The van der Waals surface area contributed by atoms with Crippen LogP contribution in [0.3, 0.4) is 0 Å². The summed E-state index contributed by atoms with van der Waals surface area (Å²) >= 11 is 7.39. The second-order valence-corrected chi connectivity index (χ2v) is 3.61. The lowest BCUT2D eigenvalue weighted by molar-refractivity contribution is 0.112. The molecule has 0 radical (unpaired) electrons. The normalized spacial score (nSPS) is 9.77. The number of hydrogen-bond acceptors (Lipinski definition) is 3. The van der Waals surface area contributed by atoms with E-state index in [1.807, 2.05) is 6.26 Å². The Balaban J connectivity index is 3.28. The number of aldehydes is 1. The molecule has 0 unspecified atom stereocenters. The van der Waals surface area contributed by atoms with Crippen LogP contribution in [0.2, 0.25) is 5.02 Å². The smallest absolute Gasteiger partial charge is 0.151 e. The minimum absolute atomic E-state index is 0.469. The van der Waals surface area contributed by atoms with Gasteiger partial charge in [-0.3, -0.25) is 4.79 Å². The van der Waals surface area contributed by atoms with Gasteiger partial charge in [0.15, 0.2) is 5.75 Å². The molecule has 4 heteroatoms. The first-order valence-corrected chi connectivity index (χ1v) is 5.20. The van der Waals surface area contributed by atoms with Crippen LogP contribution in [-0.2, 0) is 0 Å². The maximum Gasteiger partial charge on any atom is 0.151 e. The van der Waals surface area contributed by atoms with Crippen molar-refractivity contribution in [1.82, 2.24) is 0 Å². The van der Waals surface area contributed by atoms with Crippen molar-refractivity contribution in [2.45, 2.75) is 4.90 Å². The van der Waals surface area contributed by atoms with Gasteiger partial charge in [-0.1, -0.05) is 11.6 Å². The second-order valence-electron chi connectivity index (χ2n) is 2.36. The number of carbonyl (C=O) groups is 1. The predicted molar refractivity (Wildman–Crippen MR) is 55.2 cm³/mol. The molecule has 1 rings (SSSR count). The lowest BCUT2D eigenvalue weighted by Gasteiger charge is -2.08. The summed E-state index contributed by atoms with van der Waals surface area (Å²) in [6.45, 7) is 0. The highest BCUT2D eigenvalue weighted by Crippen LogP contribution is 2.35. The Morgan fingerprint density at radius 3 is 2.69 bits per heavy atom. The first kappa shape index (κ1) is 10.4. The second kappa shape index (κ2) is 4.53. The standard InChI is InChI=1S/C9H9ClO2S/c1-12-9-7(10)3-6(5-11)4-8(9)13-2/h3-5H,1-2H3. The number of halogens is 1. The third kappa shape index (κ3) is 2.17. The fraction of sp³-hybridized carbons (Fsp3) is 0.222. The third-order valence-electron chi connectivity index (χ3n) is 1.59. The van der Waals surface area contributed by atoms with E-state index in [-0.39, 0.29) is 0 Å². The average Bonchev–Trinajstić information content (AvgIpc) is 2.16. The number of carbonyl (C=O) groups excluding carboxylic acids is 1. The van der Waals surface area contributed by atoms with Crippen molar-refractivity contribution < 1.29 is 9.53 Å². The lowest BCUT2D eigenvalue weighted by Crippen LogP contribution is -1.90. The molecule has 0 atom stereocenters. The molecule has 0 bridgehead atoms. The van der Waals surface area contributed by atoms with Gasteiger partial charge in [0.1, 0.15) is 6.29 Å². The number of methoxy groups -OCH3 is 1. The van der Waals surface area contributed by atoms with Crippen LogP contribution in [0, 0.1) is 0 Å². The Hall–Kier alpha value is -0.670. The zero-order chi connectivity index (χ0) is 9.84. The molecule has 0 spiro atoms. The summed E-state index contributed by atoms with van der Waals surface area (Å²) < 4.78 is 5.10. The van der Waals surface area contributed by atoms with E-state index in [9.17, 15) is 4.79 Å². The number of benzene rings is 1. The molecule has 0 saturated heterocycles. The summed E-state index contributed by atoms with van der Waals surface area (Å²) in [5.41, 5.74) is 0.565. The predicted octanol–water partition coefficient (Wildman–Crippen LogP) is 2.88. The van der Waals surface area contributed by atoms with E-state index < -0.39 is 0 Å². The average molecular weight is 217 g/mol. The largest absolute Gasteiger partial charge is 0.494 e. The maximum atomic E-state index is 10.5. The van der Waals surface area contributed by atoms with Gasteiger partial charge in [0.2, 0.25) is 0 Å². The topological polar surface area (TPSA) is 26.3 Å². The number of thioether (sulfide) groups is 1. The molecular formula is C9H9ClO2S. The first-order valence-electron chi connectivity index (χ1n) is 3.59. The fourth-order valence-corrected chi connectivity index (χ4v) is 2.00. The Morgan fingerprint density at radius 2 is 2.23 bits per heavy atom. The van der Waals surface area contributed by atoms with Gasteiger partial charge in [-0.15, -0.1) is 11.8 Å². The van der Waals surface area contributed by atoms with Crippen LogP contribution in [0.1, 0.15) is 10.4 Å². The molecule has 0 N–H and O–H groups in total. The van der Waals surface area contributed by atoms with Crippen LogP contribution in [0.5, 0.6) is 5.75 Å². The van der Waals surface area contributed by atoms with Gasteiger partial charge in [-0.05, 0) is 18.4 Å². The van der Waals surface area contributed by atoms with Crippen molar-refractivity contribution in [3.63, 3.8) is 0 Å². The molecule has 2 nitrogen and oxygen atoms in total. The van der Waals surface area contributed by atoms with Crippen molar-refractivity contribution in [3.05, 3.63) is 22.7 Å². The van der Waals surface area contributed by atoms with Crippen molar-refractivity contribution in [3.8, 4) is 5.75 Å². The molecule has 0 saturated carbocycles. The highest BCUT2D eigenvalue weighted by atomic mass is 35.5. The lowest BCUT2D eigenvalue weighted by atomic mass is 10.2. The van der Waals surface area contributed by atoms with Gasteiger partial charge in [0.05, 0.1) is 17.0 Å². The molecule has 0 heterocycles. The third-order valence-corrected chi connectivity index (χ3v) is 2.62. The minimum atomic E-state index is 0.469. The molecule has 0 aliphatic heterocycles. The zero-order valence-corrected chi connectivity index (χ0v) is 8.91. The molecule has 13 heavy (non-hydrogen) atoms. The van der Waals surface area contributed by atoms with E-state index in [0.717, 1.165) is 11.2 Å². The molecule has 0 aliphatic carbocycles. The van der Waals surface area contributed by atoms with E-state index >= 15 is 0 Å². The van der Waals surface area contributed by atoms with Gasteiger partial charge in [0, 0.05) is 5.56 Å². The molecule has 1 aromatic carbocycles. The Labute approximate surface area is 86.2 Å². The highest BCUT2D eigenvalue weighted by Gasteiger charge is 2.08. The van der Waals surface area contributed by atoms with E-state index in [2.05, 4.69) is 0 Å². The summed E-state index contributed by atoms with van der Waals surface area (Å²) in [5.74, 6) is 0.625. The minimum Gasteiger partial charge on any atom is -0.494 e. The molecule has 1 aromatic rings. The van der Waals surface area contributed by atoms with Gasteiger partial charge in [-0.2, -0.15) is 0 Å². The quantitative estimate of drug-likeness (QED) is 0.574. The van der Waals surface area contributed by atoms with E-state index in [1.54, 1.807) is 19.2 Å². The Morgan fingerprint density at radius 1 is 1.54 bits per heavy atom. The molecule has 0 aromatic heterocycles. The Kier molecular flexibility index (Phi) is 3.63. The number of rotatable bonds is 3. The number of ether oxygens (including phenoxy) is 1. The van der Waals surface area contributed by atoms with Gasteiger partial charge in [0.25, 0.3) is 0 Å². The van der Waals surface area contributed by atoms with Crippen LogP contribution in [0.15, 0.2) is 17.0 Å². The SMILES string of the molecule is COc1c(Cl)cc(C=O)cc1SC. The van der Waals surface area contributed by atoms with E-state index in [0.29, 0.717) is 16.3 Å². The van der Waals surface area contributed by atoms with E-state index in [4.69, 9.17) is 16.3 Å². The van der Waals surface area contributed by atoms with Crippen LogP contribution >= 0.6 is 23.4 Å². The number of hydrogen-bond donors (Lipinski definition) is 0. The summed E-state index contributed by atoms with van der Waals surface area (Å²) in [5, 5.41) is 0.469. The van der Waals surface area contributed by atoms with Crippen LogP contribution in [0.4, 0.5) is 0 Å². The van der Waals surface area contributed by atoms with Crippen molar-refractivity contribution >= 4 is 29.6 Å². The highest BCUT2D eigenvalue weighted by molar-refractivity contribution is 7.98. The Bertz CT molecular complexity index is 326. The summed E-state index contributed by atoms with van der Waals surface area (Å²) in [6.07, 6.45) is 2.67. The monoisotopic (exact) mass is 216 g/mol. The zero-order valence-electron chi connectivity index (χ0n) is 7.33. The van der Waals surface area contributed by atoms with Gasteiger partial charge < -0.3 is 4.74 Å². The molecule has 70 valence electrons. The van der Waals surface area contributed by atoms with Crippen LogP contribution in [0.25, 0.3) is 0 Å². The molecular weight excluding hydrogens is 208 g/mol.